The molecule has 0 spiro atoms. The van der Waals surface area contributed by atoms with Crippen molar-refractivity contribution in [1.82, 2.24) is 9.80 Å². The van der Waals surface area contributed by atoms with E-state index in [9.17, 15) is 0 Å². The van der Waals surface area contributed by atoms with Crippen LogP contribution in [-0.4, -0.2) is 34.2 Å². The highest BCUT2D eigenvalue weighted by Gasteiger charge is 2.35. The Balaban J connectivity index is 1.34. The highest BCUT2D eigenvalue weighted by Crippen LogP contribution is 2.44. The Hall–Kier alpha value is -2.10. The number of hydrogen-bond donors (Lipinski definition) is 0. The minimum atomic E-state index is 0.398. The van der Waals surface area contributed by atoms with E-state index in [0.717, 1.165) is 18.0 Å². The molecule has 3 saturated carbocycles. The highest BCUT2D eigenvalue weighted by molar-refractivity contribution is 5.72. The van der Waals surface area contributed by atoms with Crippen LogP contribution in [0.5, 0.6) is 0 Å². The number of benzene rings is 1. The van der Waals surface area contributed by atoms with E-state index in [4.69, 9.17) is 0 Å². The van der Waals surface area contributed by atoms with Crippen molar-refractivity contribution >= 4 is 11.4 Å². The van der Waals surface area contributed by atoms with Crippen LogP contribution in [-0.2, 0) is 0 Å². The van der Waals surface area contributed by atoms with Gasteiger partial charge in [-0.15, -0.1) is 0 Å². The molecular formula is C30H44N4. The van der Waals surface area contributed by atoms with Gasteiger partial charge >= 0.3 is 0 Å². The number of hydrogen-bond acceptors (Lipinski definition) is 4. The smallest absolute Gasteiger partial charge is 0.103 e. The van der Waals surface area contributed by atoms with Crippen molar-refractivity contribution in [3.8, 4) is 0 Å². The molecule has 2 heterocycles. The molecule has 2 atom stereocenters. The quantitative estimate of drug-likeness (QED) is 0.453. The first-order chi connectivity index (χ1) is 16.6. The number of nitrogens with zero attached hydrogens (tertiary/aromatic N) is 4. The van der Waals surface area contributed by atoms with E-state index in [1.165, 1.54) is 94.0 Å². The Bertz CT molecular complexity index is 868. The highest BCUT2D eigenvalue weighted by atomic mass is 15.4. The molecule has 0 amide bonds. The fourth-order valence-corrected chi connectivity index (χ4v) is 7.64. The third-order valence-corrected chi connectivity index (χ3v) is 9.72. The summed E-state index contributed by atoms with van der Waals surface area (Å²) in [6.07, 6.45) is 26.7. The lowest BCUT2D eigenvalue weighted by atomic mass is 9.94. The zero-order chi connectivity index (χ0) is 23.2. The summed E-state index contributed by atoms with van der Waals surface area (Å²) in [6.45, 7) is 7.17. The van der Waals surface area contributed by atoms with Gasteiger partial charge in [0, 0.05) is 48.3 Å². The summed E-state index contributed by atoms with van der Waals surface area (Å²) in [5.41, 5.74) is 5.83. The molecule has 2 aliphatic heterocycles. The lowest BCUT2D eigenvalue weighted by molar-refractivity contribution is 0.236. The maximum Gasteiger partial charge on any atom is 0.103 e. The van der Waals surface area contributed by atoms with Crippen molar-refractivity contribution in [3.05, 3.63) is 48.1 Å². The van der Waals surface area contributed by atoms with E-state index in [0.29, 0.717) is 12.3 Å². The molecule has 34 heavy (non-hydrogen) atoms. The molecule has 1 aromatic carbocycles. The van der Waals surface area contributed by atoms with Gasteiger partial charge in [0.2, 0.25) is 0 Å². The second-order valence-electron chi connectivity index (χ2n) is 11.6. The van der Waals surface area contributed by atoms with Gasteiger partial charge in [-0.1, -0.05) is 38.5 Å². The Morgan fingerprint density at radius 3 is 1.44 bits per heavy atom. The Morgan fingerprint density at radius 2 is 1.00 bits per heavy atom. The maximum absolute atomic E-state index is 2.63. The third kappa shape index (κ3) is 3.82. The maximum atomic E-state index is 2.63. The van der Waals surface area contributed by atoms with Gasteiger partial charge in [-0.2, -0.15) is 0 Å². The first-order valence-corrected chi connectivity index (χ1v) is 14.2. The molecule has 0 aromatic heterocycles. The van der Waals surface area contributed by atoms with Crippen LogP contribution < -0.4 is 9.80 Å². The lowest BCUT2D eigenvalue weighted by Gasteiger charge is -2.37. The second-order valence-corrected chi connectivity index (χ2v) is 11.6. The van der Waals surface area contributed by atoms with E-state index in [1.54, 1.807) is 5.56 Å². The van der Waals surface area contributed by atoms with Gasteiger partial charge < -0.3 is 19.6 Å². The molecule has 0 saturated heterocycles. The summed E-state index contributed by atoms with van der Waals surface area (Å²) in [7, 11) is 0. The molecule has 3 aliphatic carbocycles. The van der Waals surface area contributed by atoms with Crippen molar-refractivity contribution in [1.29, 1.82) is 0 Å². The summed E-state index contributed by atoms with van der Waals surface area (Å²) in [5, 5.41) is 0. The molecule has 0 unspecified atom stereocenters. The topological polar surface area (TPSA) is 13.0 Å². The van der Waals surface area contributed by atoms with Crippen molar-refractivity contribution in [2.45, 2.75) is 128 Å². The van der Waals surface area contributed by atoms with Crippen LogP contribution in [0.4, 0.5) is 11.4 Å². The molecule has 3 fully saturated rings. The van der Waals surface area contributed by atoms with Gasteiger partial charge in [-0.05, 0) is 88.5 Å². The first kappa shape index (κ1) is 22.4. The van der Waals surface area contributed by atoms with E-state index in [-0.39, 0.29) is 0 Å². The molecular weight excluding hydrogens is 416 g/mol. The molecule has 6 rings (SSSR count). The van der Waals surface area contributed by atoms with Gasteiger partial charge in [0.1, 0.15) is 12.3 Å². The van der Waals surface area contributed by atoms with Gasteiger partial charge in [0.15, 0.2) is 0 Å². The number of rotatable bonds is 5. The fourth-order valence-electron chi connectivity index (χ4n) is 7.64. The summed E-state index contributed by atoms with van der Waals surface area (Å²) in [5.74, 6) is 0.721. The van der Waals surface area contributed by atoms with Crippen molar-refractivity contribution in [3.63, 3.8) is 0 Å². The Kier molecular flexibility index (Phi) is 6.03. The Labute approximate surface area is 207 Å². The van der Waals surface area contributed by atoms with Gasteiger partial charge in [-0.25, -0.2) is 0 Å². The SMILES string of the molecule is Cc1c(N2C=CN(C3CCCC3)[C@@H]2C)cc(C2CCCC2)cc1N1C=CN(C2CCCC2)[C@H]1C. The van der Waals surface area contributed by atoms with Crippen LogP contribution in [0.1, 0.15) is 108 Å². The largest absolute Gasteiger partial charge is 0.353 e. The zero-order valence-electron chi connectivity index (χ0n) is 21.6. The Morgan fingerprint density at radius 1 is 0.588 bits per heavy atom. The monoisotopic (exact) mass is 460 g/mol. The molecule has 184 valence electrons. The molecule has 0 bridgehead atoms. The van der Waals surface area contributed by atoms with Crippen LogP contribution >= 0.6 is 0 Å². The second kappa shape index (κ2) is 9.17. The summed E-state index contributed by atoms with van der Waals surface area (Å²) >= 11 is 0. The first-order valence-electron chi connectivity index (χ1n) is 14.2. The van der Waals surface area contributed by atoms with Crippen LogP contribution in [0.3, 0.4) is 0 Å². The van der Waals surface area contributed by atoms with Crippen molar-refractivity contribution in [2.24, 2.45) is 0 Å². The predicted molar refractivity (Wildman–Crippen MR) is 143 cm³/mol. The molecule has 1 aromatic rings. The third-order valence-electron chi connectivity index (χ3n) is 9.72. The average molecular weight is 461 g/mol. The predicted octanol–water partition coefficient (Wildman–Crippen LogP) is 7.42. The van der Waals surface area contributed by atoms with E-state index >= 15 is 0 Å². The van der Waals surface area contributed by atoms with Crippen molar-refractivity contribution in [2.75, 3.05) is 9.80 Å². The molecule has 5 aliphatic rings. The minimum absolute atomic E-state index is 0.398. The van der Waals surface area contributed by atoms with Crippen molar-refractivity contribution < 1.29 is 0 Å². The van der Waals surface area contributed by atoms with E-state index < -0.39 is 0 Å². The zero-order valence-corrected chi connectivity index (χ0v) is 21.6. The van der Waals surface area contributed by atoms with Gasteiger partial charge in [-0.3, -0.25) is 0 Å². The fraction of sp³-hybridized carbons (Fsp3) is 0.667. The van der Waals surface area contributed by atoms with Gasteiger partial charge in [0.25, 0.3) is 0 Å². The molecule has 4 heteroatoms. The van der Waals surface area contributed by atoms with E-state index in [2.05, 4.69) is 77.3 Å². The van der Waals surface area contributed by atoms with Gasteiger partial charge in [0.05, 0.1) is 0 Å². The minimum Gasteiger partial charge on any atom is -0.353 e. The van der Waals surface area contributed by atoms with Crippen LogP contribution in [0.15, 0.2) is 36.9 Å². The normalized spacial score (nSPS) is 28.6. The van der Waals surface area contributed by atoms with Crippen LogP contribution in [0.2, 0.25) is 0 Å². The van der Waals surface area contributed by atoms with Crippen LogP contribution in [0.25, 0.3) is 0 Å². The number of anilines is 2. The molecule has 4 nitrogen and oxygen atoms in total. The average Bonchev–Trinajstić information content (AvgIpc) is 3.65. The van der Waals surface area contributed by atoms with Crippen LogP contribution in [0, 0.1) is 6.92 Å². The standard InChI is InChI=1S/C30H44N4/c1-22-29(33-18-16-31(23(33)2)27-12-6-7-13-27)20-26(25-10-4-5-11-25)21-30(22)34-19-17-32(24(34)3)28-14-8-9-15-28/h16-21,23-25,27-28H,4-15H2,1-3H3/t23-,24+. The molecule has 0 N–H and O–H groups in total. The summed E-state index contributed by atoms with van der Waals surface area (Å²) < 4.78 is 0. The molecule has 0 radical (unpaired) electrons. The lowest BCUT2D eigenvalue weighted by Crippen LogP contribution is -2.42. The summed E-state index contributed by atoms with van der Waals surface area (Å²) in [4.78, 5) is 10.4. The summed E-state index contributed by atoms with van der Waals surface area (Å²) in [6, 6.07) is 6.53. The van der Waals surface area contributed by atoms with E-state index in [1.807, 2.05) is 0 Å².